The molecule has 2 aromatic rings. The van der Waals surface area contributed by atoms with Gasteiger partial charge in [-0.2, -0.15) is 0 Å². The molecular formula is C18H20N2O3. The molecule has 0 aromatic heterocycles. The highest BCUT2D eigenvalue weighted by Gasteiger charge is 2.05. The van der Waals surface area contributed by atoms with Crippen LogP contribution in [-0.2, 0) is 17.8 Å². The van der Waals surface area contributed by atoms with Gasteiger partial charge in [0, 0.05) is 12.1 Å². The highest BCUT2D eigenvalue weighted by atomic mass is 16.5. The second-order valence-electron chi connectivity index (χ2n) is 5.10. The monoisotopic (exact) mass is 312 g/mol. The summed E-state index contributed by atoms with van der Waals surface area (Å²) in [6, 6.07) is 14.4. The zero-order chi connectivity index (χ0) is 16.7. The molecule has 0 aliphatic heterocycles. The molecule has 2 rings (SSSR count). The lowest BCUT2D eigenvalue weighted by Crippen LogP contribution is -2.24. The number of amides is 2. The van der Waals surface area contributed by atoms with Crippen LogP contribution in [0.1, 0.15) is 28.4 Å². The van der Waals surface area contributed by atoms with E-state index in [9.17, 15) is 9.59 Å². The van der Waals surface area contributed by atoms with Crippen molar-refractivity contribution in [3.05, 3.63) is 65.2 Å². The summed E-state index contributed by atoms with van der Waals surface area (Å²) >= 11 is 0. The Morgan fingerprint density at radius 2 is 1.83 bits per heavy atom. The largest absolute Gasteiger partial charge is 0.494 e. The number of hydrogen-bond acceptors (Lipinski definition) is 3. The number of carbonyl (C=O) groups is 2. The first-order valence-electron chi connectivity index (χ1n) is 7.45. The fourth-order valence-electron chi connectivity index (χ4n) is 2.15. The maximum atomic E-state index is 12.0. The first-order valence-corrected chi connectivity index (χ1v) is 7.45. The number of primary amides is 1. The highest BCUT2D eigenvalue weighted by molar-refractivity contribution is 5.92. The molecule has 0 radical (unpaired) electrons. The molecule has 0 unspecified atom stereocenters. The lowest BCUT2D eigenvalue weighted by molar-refractivity contribution is -0.120. The van der Waals surface area contributed by atoms with Crippen molar-refractivity contribution >= 4 is 11.8 Å². The molecule has 23 heavy (non-hydrogen) atoms. The number of nitrogens with one attached hydrogen (secondary N) is 1. The van der Waals surface area contributed by atoms with E-state index in [1.54, 1.807) is 18.2 Å². The average molecular weight is 312 g/mol. The Labute approximate surface area is 135 Å². The van der Waals surface area contributed by atoms with Crippen molar-refractivity contribution in [2.24, 2.45) is 5.73 Å². The molecule has 0 atom stereocenters. The predicted molar refractivity (Wildman–Crippen MR) is 88.1 cm³/mol. The quantitative estimate of drug-likeness (QED) is 0.821. The SMILES string of the molecule is CCOc1ccc(CC(=O)NCc2cccc(C(N)=O)c2)cc1. The summed E-state index contributed by atoms with van der Waals surface area (Å²) in [5.74, 6) is 0.228. The minimum Gasteiger partial charge on any atom is -0.494 e. The van der Waals surface area contributed by atoms with Crippen molar-refractivity contribution in [3.8, 4) is 5.75 Å². The van der Waals surface area contributed by atoms with Gasteiger partial charge in [0.25, 0.3) is 0 Å². The normalized spacial score (nSPS) is 10.1. The maximum absolute atomic E-state index is 12.0. The van der Waals surface area contributed by atoms with E-state index in [0.717, 1.165) is 16.9 Å². The van der Waals surface area contributed by atoms with Crippen LogP contribution in [0.15, 0.2) is 48.5 Å². The third-order valence-corrected chi connectivity index (χ3v) is 3.30. The fraction of sp³-hybridized carbons (Fsp3) is 0.222. The van der Waals surface area contributed by atoms with Gasteiger partial charge in [-0.05, 0) is 42.3 Å². The lowest BCUT2D eigenvalue weighted by Gasteiger charge is -2.07. The maximum Gasteiger partial charge on any atom is 0.248 e. The van der Waals surface area contributed by atoms with Gasteiger partial charge in [0.05, 0.1) is 13.0 Å². The summed E-state index contributed by atoms with van der Waals surface area (Å²) in [7, 11) is 0. The van der Waals surface area contributed by atoms with Crippen LogP contribution in [0.2, 0.25) is 0 Å². The number of nitrogens with two attached hydrogens (primary N) is 1. The predicted octanol–water partition coefficient (Wildman–Crippen LogP) is 2.04. The van der Waals surface area contributed by atoms with Gasteiger partial charge in [0.1, 0.15) is 5.75 Å². The fourth-order valence-corrected chi connectivity index (χ4v) is 2.15. The topological polar surface area (TPSA) is 81.4 Å². The van der Waals surface area contributed by atoms with Crippen LogP contribution >= 0.6 is 0 Å². The van der Waals surface area contributed by atoms with Crippen molar-refractivity contribution in [2.45, 2.75) is 19.9 Å². The number of hydrogen-bond donors (Lipinski definition) is 2. The van der Waals surface area contributed by atoms with E-state index in [1.807, 2.05) is 37.3 Å². The van der Waals surface area contributed by atoms with Gasteiger partial charge in [0.2, 0.25) is 11.8 Å². The first-order chi connectivity index (χ1) is 11.1. The van der Waals surface area contributed by atoms with E-state index in [0.29, 0.717) is 25.1 Å². The van der Waals surface area contributed by atoms with Crippen molar-refractivity contribution < 1.29 is 14.3 Å². The molecule has 2 amide bonds. The van der Waals surface area contributed by atoms with Crippen molar-refractivity contribution in [1.29, 1.82) is 0 Å². The van der Waals surface area contributed by atoms with Gasteiger partial charge in [-0.15, -0.1) is 0 Å². The van der Waals surface area contributed by atoms with Crippen LogP contribution in [0.4, 0.5) is 0 Å². The molecule has 0 spiro atoms. The molecule has 3 N–H and O–H groups in total. The average Bonchev–Trinajstić information content (AvgIpc) is 2.55. The Kier molecular flexibility index (Phi) is 5.74. The van der Waals surface area contributed by atoms with Gasteiger partial charge in [-0.3, -0.25) is 9.59 Å². The van der Waals surface area contributed by atoms with E-state index in [4.69, 9.17) is 10.5 Å². The molecule has 0 fully saturated rings. The Bertz CT molecular complexity index is 681. The number of rotatable bonds is 7. The summed E-state index contributed by atoms with van der Waals surface area (Å²) in [5.41, 5.74) is 7.42. The first kappa shape index (κ1) is 16.5. The zero-order valence-electron chi connectivity index (χ0n) is 13.0. The molecule has 0 aliphatic rings. The van der Waals surface area contributed by atoms with Crippen LogP contribution in [0.25, 0.3) is 0 Å². The van der Waals surface area contributed by atoms with Gasteiger partial charge in [-0.25, -0.2) is 0 Å². The summed E-state index contributed by atoms with van der Waals surface area (Å²) in [4.78, 5) is 23.1. The summed E-state index contributed by atoms with van der Waals surface area (Å²) in [5, 5.41) is 2.83. The Morgan fingerprint density at radius 1 is 1.09 bits per heavy atom. The molecule has 120 valence electrons. The van der Waals surface area contributed by atoms with Crippen LogP contribution in [0, 0.1) is 0 Å². The minimum absolute atomic E-state index is 0.0846. The van der Waals surface area contributed by atoms with E-state index < -0.39 is 5.91 Å². The van der Waals surface area contributed by atoms with Crippen LogP contribution in [0.5, 0.6) is 5.75 Å². The Hall–Kier alpha value is -2.82. The van der Waals surface area contributed by atoms with E-state index in [1.165, 1.54) is 0 Å². The number of carbonyl (C=O) groups excluding carboxylic acids is 2. The molecule has 5 heteroatoms. The van der Waals surface area contributed by atoms with Gasteiger partial charge < -0.3 is 15.8 Å². The van der Waals surface area contributed by atoms with Gasteiger partial charge >= 0.3 is 0 Å². The molecule has 0 saturated heterocycles. The van der Waals surface area contributed by atoms with E-state index in [2.05, 4.69) is 5.32 Å². The Balaban J connectivity index is 1.87. The molecule has 5 nitrogen and oxygen atoms in total. The third kappa shape index (κ3) is 5.14. The van der Waals surface area contributed by atoms with Crippen LogP contribution in [0.3, 0.4) is 0 Å². The number of ether oxygens (including phenoxy) is 1. The summed E-state index contributed by atoms with van der Waals surface area (Å²) in [6.45, 7) is 2.90. The smallest absolute Gasteiger partial charge is 0.248 e. The number of benzene rings is 2. The van der Waals surface area contributed by atoms with Crippen LogP contribution in [-0.4, -0.2) is 18.4 Å². The van der Waals surface area contributed by atoms with E-state index in [-0.39, 0.29) is 5.91 Å². The highest BCUT2D eigenvalue weighted by Crippen LogP contribution is 2.12. The molecule has 0 aliphatic carbocycles. The molecule has 0 bridgehead atoms. The molecule has 0 saturated carbocycles. The zero-order valence-corrected chi connectivity index (χ0v) is 13.0. The van der Waals surface area contributed by atoms with Gasteiger partial charge in [-0.1, -0.05) is 24.3 Å². The van der Waals surface area contributed by atoms with Gasteiger partial charge in [0.15, 0.2) is 0 Å². The third-order valence-electron chi connectivity index (χ3n) is 3.30. The van der Waals surface area contributed by atoms with Crippen LogP contribution < -0.4 is 15.8 Å². The van der Waals surface area contributed by atoms with E-state index >= 15 is 0 Å². The molecule has 2 aromatic carbocycles. The second kappa shape index (κ2) is 7.98. The summed E-state index contributed by atoms with van der Waals surface area (Å²) in [6.07, 6.45) is 0.294. The summed E-state index contributed by atoms with van der Waals surface area (Å²) < 4.78 is 5.36. The minimum atomic E-state index is -0.479. The van der Waals surface area contributed by atoms with Crippen molar-refractivity contribution in [3.63, 3.8) is 0 Å². The molecule has 0 heterocycles. The Morgan fingerprint density at radius 3 is 2.48 bits per heavy atom. The molecular weight excluding hydrogens is 292 g/mol. The van der Waals surface area contributed by atoms with Crippen molar-refractivity contribution in [1.82, 2.24) is 5.32 Å². The standard InChI is InChI=1S/C18H20N2O3/c1-2-23-16-8-6-13(7-9-16)11-17(21)20-12-14-4-3-5-15(10-14)18(19)22/h3-10H,2,11-12H2,1H3,(H2,19,22)(H,20,21). The van der Waals surface area contributed by atoms with Crippen molar-refractivity contribution in [2.75, 3.05) is 6.61 Å². The second-order valence-corrected chi connectivity index (χ2v) is 5.10. The lowest BCUT2D eigenvalue weighted by atomic mass is 10.1.